The Bertz CT molecular complexity index is 773. The van der Waals surface area contributed by atoms with Crippen molar-refractivity contribution in [3.05, 3.63) is 17.0 Å². The summed E-state index contributed by atoms with van der Waals surface area (Å²) in [6, 6.07) is 0.436. The van der Waals surface area contributed by atoms with Crippen molar-refractivity contribution in [2.24, 2.45) is 0 Å². The Morgan fingerprint density at radius 1 is 1.13 bits per heavy atom. The molecule has 1 aromatic heterocycles. The first-order valence-corrected chi connectivity index (χ1v) is 12.6. The number of hydrogen-bond acceptors (Lipinski definition) is 5. The number of fused-ring (bicyclic) bond motifs is 1. The van der Waals surface area contributed by atoms with Gasteiger partial charge in [0.25, 0.3) is 5.91 Å². The van der Waals surface area contributed by atoms with Crippen molar-refractivity contribution in [1.82, 2.24) is 24.9 Å². The molecule has 7 nitrogen and oxygen atoms in total. The second-order valence-electron chi connectivity index (χ2n) is 9.94. The molecule has 0 bridgehead atoms. The van der Waals surface area contributed by atoms with E-state index in [0.29, 0.717) is 11.6 Å². The van der Waals surface area contributed by atoms with Gasteiger partial charge in [-0.2, -0.15) is 5.10 Å². The van der Waals surface area contributed by atoms with E-state index in [1.807, 2.05) is 4.90 Å². The minimum atomic E-state index is 0.155. The van der Waals surface area contributed by atoms with E-state index < -0.39 is 0 Å². The zero-order chi connectivity index (χ0) is 21.3. The zero-order valence-corrected chi connectivity index (χ0v) is 19.2. The van der Waals surface area contributed by atoms with Gasteiger partial charge in [-0.3, -0.25) is 14.4 Å². The minimum Gasteiger partial charge on any atom is -0.379 e. The second-order valence-corrected chi connectivity index (χ2v) is 9.94. The van der Waals surface area contributed by atoms with Crippen molar-refractivity contribution >= 4 is 5.91 Å². The van der Waals surface area contributed by atoms with E-state index in [9.17, 15) is 4.79 Å². The third-order valence-electron chi connectivity index (χ3n) is 8.18. The molecular formula is C24H39N5O2. The third kappa shape index (κ3) is 4.16. The number of amides is 1. The number of carbonyl (C=O) groups is 1. The van der Waals surface area contributed by atoms with Crippen molar-refractivity contribution < 1.29 is 9.53 Å². The topological polar surface area (TPSA) is 62.6 Å². The van der Waals surface area contributed by atoms with Crippen LogP contribution in [0.25, 0.3) is 0 Å². The Balaban J connectivity index is 1.29. The van der Waals surface area contributed by atoms with Crippen LogP contribution in [0, 0.1) is 0 Å². The lowest BCUT2D eigenvalue weighted by molar-refractivity contribution is -0.0213. The zero-order valence-electron chi connectivity index (χ0n) is 19.2. The molecule has 1 saturated carbocycles. The summed E-state index contributed by atoms with van der Waals surface area (Å²) >= 11 is 0. The number of aromatic nitrogens is 2. The molecule has 4 aliphatic rings. The minimum absolute atomic E-state index is 0.155. The van der Waals surface area contributed by atoms with Crippen LogP contribution in [0.5, 0.6) is 0 Å². The monoisotopic (exact) mass is 429 g/mol. The van der Waals surface area contributed by atoms with Crippen molar-refractivity contribution in [3.63, 3.8) is 0 Å². The highest BCUT2D eigenvalue weighted by Gasteiger charge is 2.41. The quantitative estimate of drug-likeness (QED) is 0.751. The molecule has 1 aromatic rings. The molecule has 3 fully saturated rings. The predicted molar refractivity (Wildman–Crippen MR) is 120 cm³/mol. The molecule has 3 heterocycles. The van der Waals surface area contributed by atoms with Gasteiger partial charge in [0.1, 0.15) is 0 Å². The van der Waals surface area contributed by atoms with E-state index in [1.165, 1.54) is 36.9 Å². The van der Waals surface area contributed by atoms with Gasteiger partial charge in [0, 0.05) is 62.1 Å². The number of aryl methyl sites for hydroxylation is 1. The fourth-order valence-corrected chi connectivity index (χ4v) is 6.38. The summed E-state index contributed by atoms with van der Waals surface area (Å²) in [5, 5.41) is 8.75. The van der Waals surface area contributed by atoms with Gasteiger partial charge < -0.3 is 15.0 Å². The number of likely N-dealkylation sites (tertiary alicyclic amines) is 1. The van der Waals surface area contributed by atoms with Gasteiger partial charge in [-0.25, -0.2) is 0 Å². The van der Waals surface area contributed by atoms with Crippen LogP contribution in [0.3, 0.4) is 0 Å². The largest absolute Gasteiger partial charge is 0.379 e. The first-order chi connectivity index (χ1) is 15.2. The van der Waals surface area contributed by atoms with Gasteiger partial charge in [-0.15, -0.1) is 0 Å². The molecule has 172 valence electrons. The van der Waals surface area contributed by atoms with E-state index >= 15 is 0 Å². The summed E-state index contributed by atoms with van der Waals surface area (Å²) in [4.78, 5) is 17.9. The molecule has 7 heteroatoms. The lowest BCUT2D eigenvalue weighted by Gasteiger charge is -2.44. The van der Waals surface area contributed by atoms with Gasteiger partial charge in [-0.05, 0) is 51.9 Å². The normalized spacial score (nSPS) is 26.4. The molecule has 31 heavy (non-hydrogen) atoms. The highest BCUT2D eigenvalue weighted by molar-refractivity contribution is 5.94. The molecule has 2 aliphatic carbocycles. The number of nitrogens with zero attached hydrogens (tertiary/aromatic N) is 4. The number of morpholine rings is 1. The van der Waals surface area contributed by atoms with E-state index in [-0.39, 0.29) is 5.91 Å². The summed E-state index contributed by atoms with van der Waals surface area (Å²) in [6.07, 6.45) is 10.6. The Labute approximate surface area is 186 Å². The van der Waals surface area contributed by atoms with Gasteiger partial charge in [0.05, 0.1) is 13.2 Å². The van der Waals surface area contributed by atoms with Crippen LogP contribution in [0.15, 0.2) is 0 Å². The molecular weight excluding hydrogens is 390 g/mol. The summed E-state index contributed by atoms with van der Waals surface area (Å²) < 4.78 is 7.71. The van der Waals surface area contributed by atoms with Crippen LogP contribution in [0.2, 0.25) is 0 Å². The first kappa shape index (κ1) is 21.4. The molecule has 1 atom stereocenters. The summed E-state index contributed by atoms with van der Waals surface area (Å²) in [5.41, 5.74) is 3.54. The van der Waals surface area contributed by atoms with Crippen molar-refractivity contribution in [2.45, 2.75) is 82.8 Å². The van der Waals surface area contributed by atoms with E-state index in [1.54, 1.807) is 0 Å². The van der Waals surface area contributed by atoms with Gasteiger partial charge in [0.2, 0.25) is 0 Å². The maximum atomic E-state index is 13.2. The molecule has 1 N–H and O–H groups in total. The number of rotatable bonds is 6. The highest BCUT2D eigenvalue weighted by atomic mass is 16.5. The Hall–Kier alpha value is -1.44. The molecule has 5 rings (SSSR count). The van der Waals surface area contributed by atoms with Crippen LogP contribution in [0.4, 0.5) is 0 Å². The van der Waals surface area contributed by atoms with Crippen molar-refractivity contribution in [1.29, 1.82) is 0 Å². The van der Waals surface area contributed by atoms with Gasteiger partial charge in [-0.1, -0.05) is 12.8 Å². The Morgan fingerprint density at radius 3 is 2.58 bits per heavy atom. The molecule has 1 unspecified atom stereocenters. The van der Waals surface area contributed by atoms with Crippen LogP contribution < -0.4 is 5.32 Å². The number of hydrogen-bond donors (Lipinski definition) is 1. The van der Waals surface area contributed by atoms with Gasteiger partial charge in [0.15, 0.2) is 5.69 Å². The van der Waals surface area contributed by atoms with E-state index in [2.05, 4.69) is 21.8 Å². The van der Waals surface area contributed by atoms with E-state index in [4.69, 9.17) is 9.84 Å². The third-order valence-corrected chi connectivity index (χ3v) is 8.18. The standard InChI is InChI=1S/C24H39N5O2/c1-2-29-21-8-7-19(17-20(21)22(26-29)23(30)27-11-5-6-12-27)25-18-24(9-3-4-10-24)28-13-15-31-16-14-28/h19,25H,2-18H2,1H3. The molecule has 0 radical (unpaired) electrons. The Kier molecular flexibility index (Phi) is 6.35. The lowest BCUT2D eigenvalue weighted by atomic mass is 9.89. The van der Waals surface area contributed by atoms with E-state index in [0.717, 1.165) is 90.3 Å². The molecule has 2 aliphatic heterocycles. The average Bonchev–Trinajstić information content (AvgIpc) is 3.58. The maximum absolute atomic E-state index is 13.2. The fraction of sp³-hybridized carbons (Fsp3) is 0.833. The SMILES string of the molecule is CCn1nc(C(=O)N2CCCC2)c2c1CCC(NCC1(N3CCOCC3)CCCC1)C2. The number of ether oxygens (including phenoxy) is 1. The average molecular weight is 430 g/mol. The Morgan fingerprint density at radius 2 is 1.87 bits per heavy atom. The van der Waals surface area contributed by atoms with Crippen molar-refractivity contribution in [3.8, 4) is 0 Å². The van der Waals surface area contributed by atoms with Crippen LogP contribution in [0.1, 0.15) is 73.6 Å². The lowest BCUT2D eigenvalue weighted by Crippen LogP contribution is -2.58. The number of nitrogens with one attached hydrogen (secondary N) is 1. The predicted octanol–water partition coefficient (Wildman–Crippen LogP) is 2.23. The first-order valence-electron chi connectivity index (χ1n) is 12.6. The molecule has 0 aromatic carbocycles. The molecule has 0 spiro atoms. The molecule has 1 amide bonds. The smallest absolute Gasteiger partial charge is 0.274 e. The second kappa shape index (κ2) is 9.20. The van der Waals surface area contributed by atoms with Crippen molar-refractivity contribution in [2.75, 3.05) is 45.9 Å². The van der Waals surface area contributed by atoms with Gasteiger partial charge >= 0.3 is 0 Å². The summed E-state index contributed by atoms with van der Waals surface area (Å²) in [5.74, 6) is 0.155. The maximum Gasteiger partial charge on any atom is 0.274 e. The van der Waals surface area contributed by atoms with Crippen LogP contribution in [-0.4, -0.2) is 83.0 Å². The van der Waals surface area contributed by atoms with Crippen LogP contribution >= 0.6 is 0 Å². The molecule has 2 saturated heterocycles. The highest BCUT2D eigenvalue weighted by Crippen LogP contribution is 2.36. The summed E-state index contributed by atoms with van der Waals surface area (Å²) in [6.45, 7) is 9.67. The number of carbonyl (C=O) groups excluding carboxylic acids is 1. The fourth-order valence-electron chi connectivity index (χ4n) is 6.38. The summed E-state index contributed by atoms with van der Waals surface area (Å²) in [7, 11) is 0. The van der Waals surface area contributed by atoms with Crippen LogP contribution in [-0.2, 0) is 24.1 Å².